The summed E-state index contributed by atoms with van der Waals surface area (Å²) in [5, 5.41) is 10.6. The van der Waals surface area contributed by atoms with E-state index in [1.807, 2.05) is 24.3 Å². The van der Waals surface area contributed by atoms with E-state index in [0.29, 0.717) is 19.6 Å². The number of thiol groups is 1. The topological polar surface area (TPSA) is 40.5 Å². The molecule has 0 unspecified atom stereocenters. The molecule has 0 radical (unpaired) electrons. The summed E-state index contributed by atoms with van der Waals surface area (Å²) < 4.78 is 0. The van der Waals surface area contributed by atoms with Gasteiger partial charge in [-0.2, -0.15) is 12.6 Å². The molecule has 3 nitrogen and oxygen atoms in total. The summed E-state index contributed by atoms with van der Waals surface area (Å²) in [6.45, 7) is 5.79. The van der Waals surface area contributed by atoms with Crippen molar-refractivity contribution < 1.29 is 9.90 Å². The van der Waals surface area contributed by atoms with Crippen molar-refractivity contribution in [3.63, 3.8) is 0 Å². The molecule has 2 rings (SSSR count). The average molecular weight is 368 g/mol. The molecule has 0 aliphatic carbocycles. The van der Waals surface area contributed by atoms with Gasteiger partial charge >= 0.3 is 5.97 Å². The zero-order chi connectivity index (χ0) is 18.8. The van der Waals surface area contributed by atoms with Crippen LogP contribution in [-0.2, 0) is 17.8 Å². The van der Waals surface area contributed by atoms with E-state index in [-0.39, 0.29) is 6.42 Å². The molecule has 0 aliphatic heterocycles. The summed E-state index contributed by atoms with van der Waals surface area (Å²) in [4.78, 5) is 13.1. The van der Waals surface area contributed by atoms with Crippen LogP contribution in [0.1, 0.15) is 23.1 Å². The van der Waals surface area contributed by atoms with E-state index in [9.17, 15) is 4.79 Å². The molecule has 2 aromatic carbocycles. The Labute approximate surface area is 161 Å². The minimum absolute atomic E-state index is 0.113. The first kappa shape index (κ1) is 20.0. The van der Waals surface area contributed by atoms with Crippen LogP contribution >= 0.6 is 12.6 Å². The fraction of sp³-hybridized carbons (Fsp3) is 0.227. The number of nitrogens with zero attached hydrogens (tertiary/aromatic N) is 1. The van der Waals surface area contributed by atoms with Crippen LogP contribution in [0.25, 0.3) is 0 Å². The Hall–Kier alpha value is -2.30. The van der Waals surface area contributed by atoms with Crippen molar-refractivity contribution in [1.29, 1.82) is 0 Å². The van der Waals surface area contributed by atoms with E-state index in [0.717, 1.165) is 12.0 Å². The molecular weight excluding hydrogens is 342 g/mol. The zero-order valence-electron chi connectivity index (χ0n) is 14.8. The van der Waals surface area contributed by atoms with Gasteiger partial charge in [-0.25, -0.2) is 0 Å². The monoisotopic (exact) mass is 367 g/mol. The highest BCUT2D eigenvalue weighted by Gasteiger charge is 2.10. The lowest BCUT2D eigenvalue weighted by Crippen LogP contribution is -2.27. The number of hydrogen-bond acceptors (Lipinski definition) is 3. The second-order valence-electron chi connectivity index (χ2n) is 6.31. The number of carboxylic acids is 1. The predicted octanol–water partition coefficient (Wildman–Crippen LogP) is 4.55. The second-order valence-corrected chi connectivity index (χ2v) is 6.61. The van der Waals surface area contributed by atoms with E-state index in [4.69, 9.17) is 5.11 Å². The fourth-order valence-electron chi connectivity index (χ4n) is 2.84. The van der Waals surface area contributed by atoms with Crippen LogP contribution in [0.5, 0.6) is 0 Å². The summed E-state index contributed by atoms with van der Waals surface area (Å²) in [5.74, 6) is -0.789. The van der Waals surface area contributed by atoms with Gasteiger partial charge in [0.25, 0.3) is 0 Å². The van der Waals surface area contributed by atoms with Crippen LogP contribution < -0.4 is 0 Å². The fourth-order valence-corrected chi connectivity index (χ4v) is 3.05. The van der Waals surface area contributed by atoms with Crippen molar-refractivity contribution in [3.8, 4) is 0 Å². The summed E-state index contributed by atoms with van der Waals surface area (Å²) >= 11 is 4.07. The smallest absolute Gasteiger partial charge is 0.304 e. The van der Waals surface area contributed by atoms with E-state index < -0.39 is 5.97 Å². The molecule has 0 aliphatic rings. The van der Waals surface area contributed by atoms with Crippen LogP contribution in [0.4, 0.5) is 0 Å². The first-order valence-corrected chi connectivity index (χ1v) is 9.13. The summed E-state index contributed by atoms with van der Waals surface area (Å²) in [5.41, 5.74) is 4.61. The largest absolute Gasteiger partial charge is 0.481 e. The Morgan fingerprint density at radius 2 is 1.77 bits per heavy atom. The van der Waals surface area contributed by atoms with Crippen molar-refractivity contribution in [2.45, 2.75) is 19.4 Å². The Morgan fingerprint density at radius 1 is 1.08 bits per heavy atom. The van der Waals surface area contributed by atoms with E-state index in [1.54, 1.807) is 5.41 Å². The number of carbonyl (C=O) groups is 1. The molecule has 0 bridgehead atoms. The summed E-state index contributed by atoms with van der Waals surface area (Å²) in [6, 6.07) is 18.8. The molecular formula is C22H25NO2S. The summed E-state index contributed by atoms with van der Waals surface area (Å²) in [6.07, 6.45) is 2.84. The molecule has 0 saturated carbocycles. The number of benzene rings is 2. The molecule has 4 heteroatoms. The zero-order valence-corrected chi connectivity index (χ0v) is 15.7. The van der Waals surface area contributed by atoms with Gasteiger partial charge in [0.15, 0.2) is 0 Å². The summed E-state index contributed by atoms with van der Waals surface area (Å²) in [7, 11) is 0. The van der Waals surface area contributed by atoms with E-state index in [1.165, 1.54) is 16.7 Å². The lowest BCUT2D eigenvalue weighted by Gasteiger charge is -2.22. The minimum atomic E-state index is -0.789. The highest BCUT2D eigenvalue weighted by Crippen LogP contribution is 2.14. The lowest BCUT2D eigenvalue weighted by atomic mass is 10.0. The maximum absolute atomic E-state index is 10.9. The van der Waals surface area contributed by atoms with E-state index in [2.05, 4.69) is 60.5 Å². The number of rotatable bonds is 10. The third-order valence-electron chi connectivity index (χ3n) is 4.03. The quantitative estimate of drug-likeness (QED) is 0.478. The van der Waals surface area contributed by atoms with Crippen LogP contribution in [0.2, 0.25) is 0 Å². The standard InChI is InChI=1S/C22H25NO2S/c1-18(11-13-26)16-23(12-10-22(24)25)17-21-9-5-8-20(15-21)14-19-6-3-2-4-7-19/h2-9,11,13,15,26H,1,10,12,14,16-17H2,(H,24,25)/b13-11-. The van der Waals surface area contributed by atoms with Crippen LogP contribution in [-0.4, -0.2) is 29.1 Å². The Balaban J connectivity index is 2.07. The van der Waals surface area contributed by atoms with Crippen LogP contribution in [0, 0.1) is 0 Å². The average Bonchev–Trinajstić information content (AvgIpc) is 2.61. The molecule has 0 spiro atoms. The van der Waals surface area contributed by atoms with Gasteiger partial charge in [-0.3, -0.25) is 9.69 Å². The number of carboxylic acid groups (broad SMARTS) is 1. The maximum Gasteiger partial charge on any atom is 0.304 e. The van der Waals surface area contributed by atoms with E-state index >= 15 is 0 Å². The molecule has 136 valence electrons. The Bertz CT molecular complexity index is 756. The van der Waals surface area contributed by atoms with Crippen molar-refractivity contribution >= 4 is 18.6 Å². The molecule has 0 amide bonds. The van der Waals surface area contributed by atoms with Gasteiger partial charge in [0.1, 0.15) is 0 Å². The van der Waals surface area contributed by atoms with Gasteiger partial charge in [0, 0.05) is 19.6 Å². The third-order valence-corrected chi connectivity index (χ3v) is 4.18. The first-order valence-electron chi connectivity index (χ1n) is 8.61. The van der Waals surface area contributed by atoms with Crippen LogP contribution in [0.15, 0.2) is 78.2 Å². The molecule has 1 N–H and O–H groups in total. The highest BCUT2D eigenvalue weighted by molar-refractivity contribution is 7.83. The molecule has 0 heterocycles. The molecule has 26 heavy (non-hydrogen) atoms. The Morgan fingerprint density at radius 3 is 2.46 bits per heavy atom. The van der Waals surface area contributed by atoms with Crippen molar-refractivity contribution in [2.75, 3.05) is 13.1 Å². The minimum Gasteiger partial charge on any atom is -0.481 e. The molecule has 0 aromatic heterocycles. The molecule has 0 atom stereocenters. The van der Waals surface area contributed by atoms with Crippen molar-refractivity contribution in [3.05, 3.63) is 94.9 Å². The van der Waals surface area contributed by atoms with Gasteiger partial charge in [-0.05, 0) is 34.1 Å². The Kier molecular flexibility index (Phi) is 8.19. The number of hydrogen-bond donors (Lipinski definition) is 2. The molecule has 0 saturated heterocycles. The van der Waals surface area contributed by atoms with Crippen LogP contribution in [0.3, 0.4) is 0 Å². The highest BCUT2D eigenvalue weighted by atomic mass is 32.1. The van der Waals surface area contributed by atoms with Crippen molar-refractivity contribution in [1.82, 2.24) is 4.90 Å². The van der Waals surface area contributed by atoms with Gasteiger partial charge in [0.05, 0.1) is 6.42 Å². The first-order chi connectivity index (χ1) is 12.6. The second kappa shape index (κ2) is 10.6. The SMILES string of the molecule is C=C(/C=C\S)CN(CCC(=O)O)Cc1cccc(Cc2ccccc2)c1. The van der Waals surface area contributed by atoms with Crippen molar-refractivity contribution in [2.24, 2.45) is 0 Å². The molecule has 2 aromatic rings. The maximum atomic E-state index is 10.9. The number of aliphatic carboxylic acids is 1. The van der Waals surface area contributed by atoms with Gasteiger partial charge in [-0.15, -0.1) is 0 Å². The lowest BCUT2D eigenvalue weighted by molar-refractivity contribution is -0.137. The molecule has 0 fully saturated rings. The van der Waals surface area contributed by atoms with Gasteiger partial charge < -0.3 is 5.11 Å². The normalized spacial score (nSPS) is 11.2. The third kappa shape index (κ3) is 7.30. The van der Waals surface area contributed by atoms with Gasteiger partial charge in [0.2, 0.25) is 0 Å². The van der Waals surface area contributed by atoms with Gasteiger partial charge in [-0.1, -0.05) is 67.3 Å². The predicted molar refractivity (Wildman–Crippen MR) is 110 cm³/mol.